The highest BCUT2D eigenvalue weighted by molar-refractivity contribution is 9.11. The molecule has 0 aromatic heterocycles. The predicted molar refractivity (Wildman–Crippen MR) is 78.3 cm³/mol. The zero-order valence-corrected chi connectivity index (χ0v) is 12.6. The smallest absolute Gasteiger partial charge is 0.115 e. The van der Waals surface area contributed by atoms with Crippen LogP contribution >= 0.6 is 27.5 Å². The summed E-state index contributed by atoms with van der Waals surface area (Å²) in [4.78, 5) is -0.0608. The van der Waals surface area contributed by atoms with Crippen LogP contribution < -0.4 is 0 Å². The highest BCUT2D eigenvalue weighted by Gasteiger charge is 2.47. The van der Waals surface area contributed by atoms with Gasteiger partial charge in [-0.2, -0.15) is 0 Å². The van der Waals surface area contributed by atoms with Crippen molar-refractivity contribution in [1.82, 2.24) is 0 Å². The summed E-state index contributed by atoms with van der Waals surface area (Å²) >= 11 is 10.2. The lowest BCUT2D eigenvalue weighted by molar-refractivity contribution is 0.443. The Morgan fingerprint density at radius 1 is 1.28 bits per heavy atom. The van der Waals surface area contributed by atoms with Crippen LogP contribution in [0.3, 0.4) is 0 Å². The first kappa shape index (κ1) is 12.6. The molecule has 1 N–H and O–H groups in total. The summed E-state index contributed by atoms with van der Waals surface area (Å²) in [5.74, 6) is 1.89. The Hall–Kier alpha value is -0.470. The Kier molecular flexibility index (Phi) is 2.98. The maximum atomic E-state index is 9.39. The minimum atomic E-state index is -0.0608. The molecule has 0 spiro atoms. The zero-order valence-electron chi connectivity index (χ0n) is 10.2. The number of halogens is 2. The Labute approximate surface area is 121 Å². The van der Waals surface area contributed by atoms with Gasteiger partial charge in [0.1, 0.15) is 5.75 Å². The van der Waals surface area contributed by atoms with E-state index in [1.165, 1.54) is 10.0 Å². The number of hydrogen-bond acceptors (Lipinski definition) is 1. The molecule has 1 fully saturated rings. The molecule has 0 amide bonds. The molecule has 0 radical (unpaired) electrons. The quantitative estimate of drug-likeness (QED) is 0.735. The van der Waals surface area contributed by atoms with Crippen LogP contribution in [0.15, 0.2) is 34.8 Å². The number of hydrogen-bond donors (Lipinski definition) is 1. The lowest BCUT2D eigenvalue weighted by Gasteiger charge is -2.22. The number of allylic oxidation sites excluding steroid dienone is 2. The molecule has 0 aliphatic heterocycles. The van der Waals surface area contributed by atoms with E-state index < -0.39 is 0 Å². The molecule has 1 aromatic carbocycles. The fraction of sp³-hybridized carbons (Fsp3) is 0.467. The maximum Gasteiger partial charge on any atom is 0.115 e. The van der Waals surface area contributed by atoms with Crippen molar-refractivity contribution in [3.63, 3.8) is 0 Å². The summed E-state index contributed by atoms with van der Waals surface area (Å²) in [7, 11) is 0. The third-order valence-electron chi connectivity index (χ3n) is 4.22. The Morgan fingerprint density at radius 3 is 2.61 bits per heavy atom. The van der Waals surface area contributed by atoms with Crippen LogP contribution in [0, 0.1) is 11.8 Å². The molecular weight excluding hydrogens is 312 g/mol. The monoisotopic (exact) mass is 326 g/mol. The van der Waals surface area contributed by atoms with Gasteiger partial charge in [-0.05, 0) is 53.8 Å². The third-order valence-corrected chi connectivity index (χ3v) is 5.29. The molecule has 2 aliphatic rings. The van der Waals surface area contributed by atoms with Crippen LogP contribution in [0.4, 0.5) is 0 Å². The van der Waals surface area contributed by atoms with E-state index in [-0.39, 0.29) is 4.87 Å². The first-order valence-electron chi connectivity index (χ1n) is 6.31. The molecule has 0 heterocycles. The average molecular weight is 328 g/mol. The van der Waals surface area contributed by atoms with E-state index >= 15 is 0 Å². The second kappa shape index (κ2) is 4.28. The standard InChI is InChI=1S/C15H16BrClO/c1-15(17)7-10-6-13(16)14(12(10)8-15)9-2-4-11(18)5-3-9/h2-6,10,12,14,18H,7-8H2,1H3/t10-,12+,14?,15+/m1/s1. The lowest BCUT2D eigenvalue weighted by atomic mass is 9.85. The van der Waals surface area contributed by atoms with Crippen molar-refractivity contribution < 1.29 is 5.11 Å². The second-order valence-corrected chi connectivity index (χ2v) is 7.60. The van der Waals surface area contributed by atoms with Crippen LogP contribution in [-0.2, 0) is 0 Å². The lowest BCUT2D eigenvalue weighted by Crippen LogP contribution is -2.14. The van der Waals surface area contributed by atoms with Crippen LogP contribution in [-0.4, -0.2) is 9.98 Å². The van der Waals surface area contributed by atoms with Crippen molar-refractivity contribution >= 4 is 27.5 Å². The third kappa shape index (κ3) is 2.10. The van der Waals surface area contributed by atoms with Gasteiger partial charge in [0.15, 0.2) is 0 Å². The summed E-state index contributed by atoms with van der Waals surface area (Å²) in [6.07, 6.45) is 4.44. The molecule has 2 aliphatic carbocycles. The topological polar surface area (TPSA) is 20.2 Å². The van der Waals surface area contributed by atoms with Gasteiger partial charge in [0.25, 0.3) is 0 Å². The van der Waals surface area contributed by atoms with Gasteiger partial charge in [0.05, 0.1) is 0 Å². The van der Waals surface area contributed by atoms with Crippen LogP contribution in [0.2, 0.25) is 0 Å². The van der Waals surface area contributed by atoms with Crippen molar-refractivity contribution in [3.8, 4) is 5.75 Å². The number of rotatable bonds is 1. The van der Waals surface area contributed by atoms with Crippen molar-refractivity contribution in [3.05, 3.63) is 40.4 Å². The molecule has 3 rings (SSSR count). The van der Waals surface area contributed by atoms with Gasteiger partial charge < -0.3 is 5.11 Å². The molecule has 0 bridgehead atoms. The summed E-state index contributed by atoms with van der Waals surface area (Å²) in [6.45, 7) is 2.14. The van der Waals surface area contributed by atoms with Crippen molar-refractivity contribution in [1.29, 1.82) is 0 Å². The molecule has 18 heavy (non-hydrogen) atoms. The normalized spacial score (nSPS) is 38.6. The Balaban J connectivity index is 1.93. The molecule has 1 nitrogen and oxygen atoms in total. The van der Waals surface area contributed by atoms with Crippen LogP contribution in [0.25, 0.3) is 0 Å². The van der Waals surface area contributed by atoms with Gasteiger partial charge >= 0.3 is 0 Å². The van der Waals surface area contributed by atoms with E-state index in [4.69, 9.17) is 11.6 Å². The number of phenolic OH excluding ortho intramolecular Hbond substituents is 1. The minimum Gasteiger partial charge on any atom is -0.508 e. The van der Waals surface area contributed by atoms with Crippen molar-refractivity contribution in [2.24, 2.45) is 11.8 Å². The summed E-state index contributed by atoms with van der Waals surface area (Å²) in [6, 6.07) is 7.55. The zero-order chi connectivity index (χ0) is 12.9. The van der Waals surface area contributed by atoms with E-state index in [2.05, 4.69) is 28.9 Å². The highest BCUT2D eigenvalue weighted by Crippen LogP contribution is 2.57. The molecule has 96 valence electrons. The summed E-state index contributed by atoms with van der Waals surface area (Å²) < 4.78 is 1.27. The fourth-order valence-corrected chi connectivity index (χ4v) is 4.82. The first-order valence-corrected chi connectivity index (χ1v) is 7.48. The number of fused-ring (bicyclic) bond motifs is 1. The molecule has 1 saturated carbocycles. The van der Waals surface area contributed by atoms with Gasteiger partial charge in [-0.15, -0.1) is 11.6 Å². The fourth-order valence-electron chi connectivity index (χ4n) is 3.52. The summed E-state index contributed by atoms with van der Waals surface area (Å²) in [5, 5.41) is 9.39. The van der Waals surface area contributed by atoms with Crippen molar-refractivity contribution in [2.75, 3.05) is 0 Å². The van der Waals surface area contributed by atoms with E-state index in [0.29, 0.717) is 23.5 Å². The molecule has 3 heteroatoms. The number of phenols is 1. The van der Waals surface area contributed by atoms with Gasteiger partial charge in [-0.3, -0.25) is 0 Å². The van der Waals surface area contributed by atoms with E-state index in [9.17, 15) is 5.11 Å². The van der Waals surface area contributed by atoms with Crippen molar-refractivity contribution in [2.45, 2.75) is 30.6 Å². The van der Waals surface area contributed by atoms with Gasteiger partial charge in [-0.25, -0.2) is 0 Å². The van der Waals surface area contributed by atoms with Gasteiger partial charge in [0.2, 0.25) is 0 Å². The largest absolute Gasteiger partial charge is 0.508 e. The molecule has 1 aromatic rings. The van der Waals surface area contributed by atoms with E-state index in [1.807, 2.05) is 12.1 Å². The Morgan fingerprint density at radius 2 is 1.94 bits per heavy atom. The van der Waals surface area contributed by atoms with E-state index in [0.717, 1.165) is 12.8 Å². The SMILES string of the molecule is C[C@]1(Cl)C[C@H]2C=C(Br)C(c3ccc(O)cc3)[C@H]2C1. The number of aromatic hydroxyl groups is 1. The molecule has 1 unspecified atom stereocenters. The molecular formula is C15H16BrClO. The number of benzene rings is 1. The first-order chi connectivity index (χ1) is 8.46. The van der Waals surface area contributed by atoms with E-state index in [1.54, 1.807) is 12.1 Å². The van der Waals surface area contributed by atoms with Gasteiger partial charge in [0, 0.05) is 10.8 Å². The molecule has 0 saturated heterocycles. The molecule has 4 atom stereocenters. The number of alkyl halides is 1. The highest BCUT2D eigenvalue weighted by atomic mass is 79.9. The summed E-state index contributed by atoms with van der Waals surface area (Å²) in [5.41, 5.74) is 1.26. The van der Waals surface area contributed by atoms with Crippen LogP contribution in [0.5, 0.6) is 5.75 Å². The predicted octanol–water partition coefficient (Wildman–Crippen LogP) is 4.79. The maximum absolute atomic E-state index is 9.39. The van der Waals surface area contributed by atoms with Crippen LogP contribution in [0.1, 0.15) is 31.2 Å². The Bertz CT molecular complexity index is 492. The average Bonchev–Trinajstić information content (AvgIpc) is 2.70. The van der Waals surface area contributed by atoms with Gasteiger partial charge in [-0.1, -0.05) is 34.1 Å². The minimum absolute atomic E-state index is 0.0608. The second-order valence-electron chi connectivity index (χ2n) is 5.77.